The van der Waals surface area contributed by atoms with Crippen molar-refractivity contribution >= 4 is 21.0 Å². The maximum atomic E-state index is 12.2. The lowest BCUT2D eigenvalue weighted by atomic mass is 10.3. The Balaban J connectivity index is 0.000000480. The molecule has 0 aromatic heterocycles. The van der Waals surface area contributed by atoms with Crippen molar-refractivity contribution in [2.24, 2.45) is 0 Å². The Morgan fingerprint density at radius 2 is 0.854 bits per heavy atom. The van der Waals surface area contributed by atoms with E-state index < -0.39 is 20.8 Å². The first-order valence-electron chi connectivity index (χ1n) is 15.5. The Morgan fingerprint density at radius 3 is 1.10 bits per heavy atom. The molecule has 0 spiro atoms. The van der Waals surface area contributed by atoms with Gasteiger partial charge in [-0.1, -0.05) is 0 Å². The lowest BCUT2D eigenvalue weighted by Gasteiger charge is -2.16. The highest BCUT2D eigenvalue weighted by Gasteiger charge is 2.29. The van der Waals surface area contributed by atoms with E-state index in [0.717, 1.165) is 41.5 Å². The molecule has 0 bridgehead atoms. The number of ether oxygens (including phenoxy) is 6. The van der Waals surface area contributed by atoms with Crippen LogP contribution in [0.3, 0.4) is 0 Å². The molecule has 0 saturated carbocycles. The molecule has 260 valence electrons. The van der Waals surface area contributed by atoms with Crippen LogP contribution in [0.4, 0.5) is 4.39 Å². The third-order valence-corrected chi connectivity index (χ3v) is 9.47. The van der Waals surface area contributed by atoms with Crippen molar-refractivity contribution in [3.8, 4) is 17.2 Å². The zero-order chi connectivity index (χ0) is 35.1. The standard InChI is InChI=1S/C30H39O6S.C6H5FO3S/c1-7-31-22(4)34-25-10-16-28(17-11-25)37(29-18-12-26(13-19-29)35-23(5)32-8-2)30-20-14-27(15-21-30)36-24(6)33-9-3;7-5-1-3-6(4-2-5)11(8,9)10/h10-24H,7-9H2,1-6H3;1-4H,(H,8,9,10)/q+1;/p-1. The monoisotopic (exact) mass is 702 g/mol. The predicted molar refractivity (Wildman–Crippen MR) is 181 cm³/mol. The summed E-state index contributed by atoms with van der Waals surface area (Å²) in [5.41, 5.74) is 0. The predicted octanol–water partition coefficient (Wildman–Crippen LogP) is 7.80. The minimum Gasteiger partial charge on any atom is -0.744 e. The molecule has 3 unspecified atom stereocenters. The molecule has 0 amide bonds. The van der Waals surface area contributed by atoms with Gasteiger partial charge in [0.05, 0.1) is 15.8 Å². The van der Waals surface area contributed by atoms with Crippen LogP contribution >= 0.6 is 0 Å². The van der Waals surface area contributed by atoms with E-state index in [1.54, 1.807) is 0 Å². The Hall–Kier alpha value is -3.65. The van der Waals surface area contributed by atoms with E-state index in [2.05, 4.69) is 36.4 Å². The Kier molecular flexibility index (Phi) is 15.7. The van der Waals surface area contributed by atoms with Gasteiger partial charge in [-0.15, -0.1) is 0 Å². The molecule has 12 heteroatoms. The van der Waals surface area contributed by atoms with Gasteiger partial charge in [0.15, 0.2) is 33.6 Å². The molecule has 9 nitrogen and oxygen atoms in total. The molecule has 0 heterocycles. The first kappa shape index (κ1) is 38.8. The fourth-order valence-corrected chi connectivity index (χ4v) is 6.86. The Labute approximate surface area is 286 Å². The molecule has 0 aliphatic heterocycles. The SMILES string of the molecule is CCOC(C)Oc1ccc([S+](c2ccc(OC(C)OCC)cc2)c2ccc(OC(C)OCC)cc2)cc1.O=S(=O)([O-])c1ccc(F)cc1. The maximum absolute atomic E-state index is 12.2. The molecular formula is C36H43FO9S2. The van der Waals surface area contributed by atoms with Crippen LogP contribution in [-0.4, -0.2) is 51.7 Å². The van der Waals surface area contributed by atoms with Crippen molar-refractivity contribution in [2.45, 2.75) is 80.0 Å². The second-order valence-corrected chi connectivity index (χ2v) is 13.5. The van der Waals surface area contributed by atoms with Crippen LogP contribution in [0.1, 0.15) is 41.5 Å². The fraction of sp³-hybridized carbons (Fsp3) is 0.333. The van der Waals surface area contributed by atoms with E-state index in [4.69, 9.17) is 28.4 Å². The second kappa shape index (κ2) is 19.4. The number of hydrogen-bond donors (Lipinski definition) is 0. The van der Waals surface area contributed by atoms with Gasteiger partial charge >= 0.3 is 0 Å². The van der Waals surface area contributed by atoms with E-state index in [-0.39, 0.29) is 29.8 Å². The van der Waals surface area contributed by atoms with Crippen LogP contribution in [-0.2, 0) is 35.2 Å². The lowest BCUT2D eigenvalue weighted by molar-refractivity contribution is -0.0616. The minimum absolute atomic E-state index is 0.299. The zero-order valence-corrected chi connectivity index (χ0v) is 29.6. The van der Waals surface area contributed by atoms with Crippen LogP contribution in [0.15, 0.2) is 117 Å². The largest absolute Gasteiger partial charge is 0.744 e. The first-order chi connectivity index (χ1) is 22.9. The van der Waals surface area contributed by atoms with Gasteiger partial charge in [0.1, 0.15) is 33.2 Å². The topological polar surface area (TPSA) is 113 Å². The summed E-state index contributed by atoms with van der Waals surface area (Å²) in [6.07, 6.45) is -0.896. The van der Waals surface area contributed by atoms with Crippen molar-refractivity contribution in [3.05, 3.63) is 103 Å². The summed E-state index contributed by atoms with van der Waals surface area (Å²) in [7, 11) is -4.78. The molecule has 0 aliphatic rings. The van der Waals surface area contributed by atoms with Crippen LogP contribution in [0.2, 0.25) is 0 Å². The molecule has 0 aliphatic carbocycles. The van der Waals surface area contributed by atoms with E-state index in [0.29, 0.717) is 19.8 Å². The smallest absolute Gasteiger partial charge is 0.196 e. The molecule has 4 rings (SSSR count). The molecule has 4 aromatic carbocycles. The highest BCUT2D eigenvalue weighted by molar-refractivity contribution is 7.97. The summed E-state index contributed by atoms with van der Waals surface area (Å²) in [5, 5.41) is 0. The number of rotatable bonds is 16. The van der Waals surface area contributed by atoms with Crippen molar-refractivity contribution in [1.82, 2.24) is 0 Å². The van der Waals surface area contributed by atoms with Crippen LogP contribution in [0, 0.1) is 5.82 Å². The quantitative estimate of drug-likeness (QED) is 0.0656. The van der Waals surface area contributed by atoms with E-state index in [1.807, 2.05) is 77.9 Å². The van der Waals surface area contributed by atoms with Crippen LogP contribution in [0.25, 0.3) is 0 Å². The summed E-state index contributed by atoms with van der Waals surface area (Å²) in [5.74, 6) is 1.75. The van der Waals surface area contributed by atoms with Gasteiger partial charge in [-0.25, -0.2) is 12.8 Å². The Morgan fingerprint density at radius 1 is 0.562 bits per heavy atom. The molecule has 0 N–H and O–H groups in total. The first-order valence-corrected chi connectivity index (χ1v) is 18.2. The van der Waals surface area contributed by atoms with E-state index >= 15 is 0 Å². The van der Waals surface area contributed by atoms with Gasteiger partial charge in [-0.3, -0.25) is 0 Å². The van der Waals surface area contributed by atoms with Crippen molar-refractivity contribution < 1.29 is 45.8 Å². The van der Waals surface area contributed by atoms with E-state index in [1.165, 1.54) is 14.7 Å². The molecule has 3 atom stereocenters. The third kappa shape index (κ3) is 12.8. The third-order valence-electron chi connectivity index (χ3n) is 6.39. The van der Waals surface area contributed by atoms with Crippen LogP contribution < -0.4 is 14.2 Å². The minimum atomic E-state index is -4.44. The maximum Gasteiger partial charge on any atom is 0.196 e. The average Bonchev–Trinajstić information content (AvgIpc) is 3.04. The van der Waals surface area contributed by atoms with Crippen molar-refractivity contribution in [2.75, 3.05) is 19.8 Å². The molecule has 4 aromatic rings. The molecular weight excluding hydrogens is 660 g/mol. The lowest BCUT2D eigenvalue weighted by Crippen LogP contribution is -2.16. The summed E-state index contributed by atoms with van der Waals surface area (Å²) >= 11 is 0. The normalized spacial score (nSPS) is 13.8. The molecule has 0 radical (unpaired) electrons. The van der Waals surface area contributed by atoms with Gasteiger partial charge in [-0.05, 0) is 139 Å². The summed E-state index contributed by atoms with van der Waals surface area (Å²) in [6, 6.07) is 28.3. The summed E-state index contributed by atoms with van der Waals surface area (Å²) < 4.78 is 77.1. The van der Waals surface area contributed by atoms with Crippen molar-refractivity contribution in [1.29, 1.82) is 0 Å². The summed E-state index contributed by atoms with van der Waals surface area (Å²) in [6.45, 7) is 13.4. The van der Waals surface area contributed by atoms with Gasteiger partial charge in [0.25, 0.3) is 0 Å². The van der Waals surface area contributed by atoms with Gasteiger partial charge in [-0.2, -0.15) is 0 Å². The zero-order valence-electron chi connectivity index (χ0n) is 28.0. The Bertz CT molecular complexity index is 1460. The van der Waals surface area contributed by atoms with Gasteiger partial charge in [0.2, 0.25) is 0 Å². The van der Waals surface area contributed by atoms with E-state index in [9.17, 15) is 17.4 Å². The summed E-state index contributed by atoms with van der Waals surface area (Å²) in [4.78, 5) is 3.09. The molecule has 0 fully saturated rings. The average molecular weight is 703 g/mol. The second-order valence-electron chi connectivity index (χ2n) is 10.1. The number of hydrogen-bond acceptors (Lipinski definition) is 9. The molecule has 0 saturated heterocycles. The highest BCUT2D eigenvalue weighted by atomic mass is 32.2. The van der Waals surface area contributed by atoms with Gasteiger partial charge in [0, 0.05) is 19.8 Å². The number of halogens is 1. The van der Waals surface area contributed by atoms with Crippen molar-refractivity contribution in [3.63, 3.8) is 0 Å². The number of benzene rings is 4. The fourth-order valence-electron chi connectivity index (χ4n) is 4.35. The highest BCUT2D eigenvalue weighted by Crippen LogP contribution is 2.34. The van der Waals surface area contributed by atoms with Gasteiger partial charge < -0.3 is 33.0 Å². The van der Waals surface area contributed by atoms with Crippen LogP contribution in [0.5, 0.6) is 17.2 Å². The molecule has 48 heavy (non-hydrogen) atoms.